The van der Waals surface area contributed by atoms with E-state index >= 15 is 0 Å². The lowest BCUT2D eigenvalue weighted by atomic mass is 10.3. The van der Waals surface area contributed by atoms with Gasteiger partial charge in [-0.25, -0.2) is 8.78 Å². The average molecular weight is 196 g/mol. The maximum Gasteiger partial charge on any atom is 0.313 e. The minimum atomic E-state index is -3.08. The molecule has 0 radical (unpaired) electrons. The van der Waals surface area contributed by atoms with Crippen molar-refractivity contribution in [1.29, 1.82) is 0 Å². The van der Waals surface area contributed by atoms with Gasteiger partial charge >= 0.3 is 5.97 Å². The standard InChI is InChI=1S/C6H8F2O3.C2H6/c1-2-11-5(10)3-4(9)6(7)8;1-2/h6H,2-3H2,1H3;1-2H3. The first kappa shape index (κ1) is 14.5. The van der Waals surface area contributed by atoms with E-state index in [2.05, 4.69) is 4.74 Å². The monoisotopic (exact) mass is 196 g/mol. The molecular weight excluding hydrogens is 182 g/mol. The minimum Gasteiger partial charge on any atom is -0.466 e. The van der Waals surface area contributed by atoms with Gasteiger partial charge in [-0.15, -0.1) is 0 Å². The van der Waals surface area contributed by atoms with Crippen LogP contribution in [0.25, 0.3) is 0 Å². The van der Waals surface area contributed by atoms with Crippen molar-refractivity contribution in [2.24, 2.45) is 0 Å². The molecule has 0 heterocycles. The van der Waals surface area contributed by atoms with Gasteiger partial charge in [-0.05, 0) is 6.92 Å². The molecule has 0 bridgehead atoms. The molecule has 13 heavy (non-hydrogen) atoms. The number of ketones is 1. The van der Waals surface area contributed by atoms with Crippen LogP contribution in [0.2, 0.25) is 0 Å². The van der Waals surface area contributed by atoms with Crippen LogP contribution in [-0.2, 0) is 14.3 Å². The highest BCUT2D eigenvalue weighted by Crippen LogP contribution is 1.99. The lowest BCUT2D eigenvalue weighted by Gasteiger charge is -1.99. The van der Waals surface area contributed by atoms with Crippen molar-refractivity contribution in [3.63, 3.8) is 0 Å². The first-order valence-corrected chi connectivity index (χ1v) is 4.04. The largest absolute Gasteiger partial charge is 0.466 e. The highest BCUT2D eigenvalue weighted by molar-refractivity contribution is 5.97. The van der Waals surface area contributed by atoms with Crippen LogP contribution in [0.1, 0.15) is 27.2 Å². The molecule has 0 unspecified atom stereocenters. The third kappa shape index (κ3) is 8.91. The molecule has 0 rings (SSSR count). The summed E-state index contributed by atoms with van der Waals surface area (Å²) in [5.41, 5.74) is 0. The van der Waals surface area contributed by atoms with E-state index in [9.17, 15) is 18.4 Å². The highest BCUT2D eigenvalue weighted by Gasteiger charge is 2.19. The molecule has 3 nitrogen and oxygen atoms in total. The van der Waals surface area contributed by atoms with Crippen LogP contribution in [0.15, 0.2) is 0 Å². The van der Waals surface area contributed by atoms with E-state index in [-0.39, 0.29) is 6.61 Å². The summed E-state index contributed by atoms with van der Waals surface area (Å²) < 4.78 is 27.2. The van der Waals surface area contributed by atoms with Gasteiger partial charge in [0, 0.05) is 0 Å². The Balaban J connectivity index is 0. The number of hydrogen-bond donors (Lipinski definition) is 0. The quantitative estimate of drug-likeness (QED) is 0.508. The Morgan fingerprint density at radius 3 is 2.08 bits per heavy atom. The van der Waals surface area contributed by atoms with Gasteiger partial charge in [0.15, 0.2) is 0 Å². The molecule has 0 aliphatic heterocycles. The zero-order chi connectivity index (χ0) is 10.9. The first-order chi connectivity index (χ1) is 6.07. The summed E-state index contributed by atoms with van der Waals surface area (Å²) in [6, 6.07) is 0. The van der Waals surface area contributed by atoms with E-state index in [1.54, 1.807) is 0 Å². The summed E-state index contributed by atoms with van der Waals surface area (Å²) in [5.74, 6) is -2.30. The summed E-state index contributed by atoms with van der Waals surface area (Å²) >= 11 is 0. The van der Waals surface area contributed by atoms with E-state index in [0.29, 0.717) is 0 Å². The second-order valence-electron chi connectivity index (χ2n) is 1.75. The third-order valence-electron chi connectivity index (χ3n) is 0.867. The number of ether oxygens (including phenoxy) is 1. The number of halogens is 2. The number of carbonyl (C=O) groups is 2. The normalized spacial score (nSPS) is 8.77. The molecule has 5 heteroatoms. The van der Waals surface area contributed by atoms with Crippen molar-refractivity contribution in [2.45, 2.75) is 33.6 Å². The summed E-state index contributed by atoms with van der Waals surface area (Å²) in [6.45, 7) is 5.63. The summed E-state index contributed by atoms with van der Waals surface area (Å²) in [6.07, 6.45) is -3.93. The van der Waals surface area contributed by atoms with E-state index in [4.69, 9.17) is 0 Å². The molecule has 0 saturated heterocycles. The lowest BCUT2D eigenvalue weighted by molar-refractivity contribution is -0.148. The fraction of sp³-hybridized carbons (Fsp3) is 0.750. The Bertz CT molecular complexity index is 157. The van der Waals surface area contributed by atoms with Crippen molar-refractivity contribution in [3.05, 3.63) is 0 Å². The van der Waals surface area contributed by atoms with Gasteiger partial charge in [0.2, 0.25) is 5.78 Å². The number of hydrogen-bond acceptors (Lipinski definition) is 3. The SMILES string of the molecule is CC.CCOC(=O)CC(=O)C(F)F. The van der Waals surface area contributed by atoms with E-state index in [0.717, 1.165) is 0 Å². The molecule has 0 amide bonds. The molecule has 78 valence electrons. The van der Waals surface area contributed by atoms with Gasteiger partial charge in [-0.2, -0.15) is 0 Å². The second kappa shape index (κ2) is 9.09. The molecule has 0 N–H and O–H groups in total. The molecule has 0 aromatic rings. The van der Waals surface area contributed by atoms with E-state index in [1.165, 1.54) is 6.92 Å². The predicted octanol–water partition coefficient (Wildman–Crippen LogP) is 1.80. The molecule has 0 aromatic heterocycles. The summed E-state index contributed by atoms with van der Waals surface area (Å²) in [7, 11) is 0. The zero-order valence-corrected chi connectivity index (χ0v) is 7.97. The number of alkyl halides is 2. The Hall–Kier alpha value is -1.00. The van der Waals surface area contributed by atoms with Crippen LogP contribution in [-0.4, -0.2) is 24.8 Å². The van der Waals surface area contributed by atoms with Crippen LogP contribution in [0.5, 0.6) is 0 Å². The van der Waals surface area contributed by atoms with Crippen molar-refractivity contribution in [3.8, 4) is 0 Å². The summed E-state index contributed by atoms with van der Waals surface area (Å²) in [5, 5.41) is 0. The number of Topliss-reactive ketones (excluding diaryl/α,β-unsaturated/α-hetero) is 1. The number of esters is 1. The maximum atomic E-state index is 11.5. The van der Waals surface area contributed by atoms with Gasteiger partial charge in [0.1, 0.15) is 6.42 Å². The Labute approximate surface area is 76.1 Å². The molecule has 0 saturated carbocycles. The second-order valence-corrected chi connectivity index (χ2v) is 1.75. The molecule has 0 spiro atoms. The van der Waals surface area contributed by atoms with Crippen LogP contribution >= 0.6 is 0 Å². The minimum absolute atomic E-state index is 0.0926. The molecule has 0 atom stereocenters. The van der Waals surface area contributed by atoms with Crippen molar-refractivity contribution in [1.82, 2.24) is 0 Å². The zero-order valence-electron chi connectivity index (χ0n) is 7.97. The van der Waals surface area contributed by atoms with Crippen molar-refractivity contribution < 1.29 is 23.1 Å². The first-order valence-electron chi connectivity index (χ1n) is 4.04. The molecule has 0 fully saturated rings. The molecule has 0 aliphatic rings. The van der Waals surface area contributed by atoms with Gasteiger partial charge < -0.3 is 4.74 Å². The fourth-order valence-corrected chi connectivity index (χ4v) is 0.431. The third-order valence-corrected chi connectivity index (χ3v) is 0.867. The predicted molar refractivity (Wildman–Crippen MR) is 43.6 cm³/mol. The van der Waals surface area contributed by atoms with Gasteiger partial charge in [-0.3, -0.25) is 9.59 Å². The molecule has 0 aromatic carbocycles. The molecule has 0 aliphatic carbocycles. The van der Waals surface area contributed by atoms with Crippen LogP contribution in [0.4, 0.5) is 8.78 Å². The molecular formula is C8H14F2O3. The van der Waals surface area contributed by atoms with Gasteiger partial charge in [0.05, 0.1) is 6.61 Å². The summed E-state index contributed by atoms with van der Waals surface area (Å²) in [4.78, 5) is 20.6. The Morgan fingerprint density at radius 1 is 1.31 bits per heavy atom. The Morgan fingerprint density at radius 2 is 1.77 bits per heavy atom. The number of carbonyl (C=O) groups excluding carboxylic acids is 2. The van der Waals surface area contributed by atoms with Crippen LogP contribution in [0, 0.1) is 0 Å². The van der Waals surface area contributed by atoms with Crippen molar-refractivity contribution >= 4 is 11.8 Å². The van der Waals surface area contributed by atoms with Crippen LogP contribution < -0.4 is 0 Å². The Kier molecular flexibility index (Phi) is 10.2. The number of rotatable bonds is 4. The fourth-order valence-electron chi connectivity index (χ4n) is 0.431. The maximum absolute atomic E-state index is 11.5. The topological polar surface area (TPSA) is 43.4 Å². The van der Waals surface area contributed by atoms with Crippen LogP contribution in [0.3, 0.4) is 0 Å². The van der Waals surface area contributed by atoms with Crippen molar-refractivity contribution in [2.75, 3.05) is 6.61 Å². The average Bonchev–Trinajstić information content (AvgIpc) is 2.08. The lowest BCUT2D eigenvalue weighted by Crippen LogP contribution is -2.16. The van der Waals surface area contributed by atoms with Gasteiger partial charge in [-0.1, -0.05) is 13.8 Å². The highest BCUT2D eigenvalue weighted by atomic mass is 19.3. The van der Waals surface area contributed by atoms with E-state index in [1.807, 2.05) is 13.8 Å². The van der Waals surface area contributed by atoms with E-state index < -0.39 is 24.6 Å². The van der Waals surface area contributed by atoms with Gasteiger partial charge in [0.25, 0.3) is 6.43 Å². The smallest absolute Gasteiger partial charge is 0.313 e.